The average molecular weight is 267 g/mol. The highest BCUT2D eigenvalue weighted by molar-refractivity contribution is 5.75. The predicted molar refractivity (Wildman–Crippen MR) is 39.2 cm³/mol. The molecule has 1 fully saturated rings. The lowest BCUT2D eigenvalue weighted by molar-refractivity contribution is -0.353. The largest absolute Gasteiger partial charge is 0.522 e. The van der Waals surface area contributed by atoms with Crippen LogP contribution in [0.25, 0.3) is 0 Å². The first kappa shape index (κ1) is 14.0. The van der Waals surface area contributed by atoms with Gasteiger partial charge in [-0.3, -0.25) is 4.74 Å². The Bertz CT molecular complexity index is 282. The molecule has 10 heteroatoms. The standard InChI is InChI=1S/C7H7F6NO3/c8-6(9,10)5(15)17-14-3-1-4(2-3)16-7(11,12)13/h3-4,14H,1-2H2. The van der Waals surface area contributed by atoms with Gasteiger partial charge in [0, 0.05) is 6.04 Å². The molecule has 100 valence electrons. The lowest BCUT2D eigenvalue weighted by Gasteiger charge is -2.34. The molecule has 1 aliphatic rings. The Morgan fingerprint density at radius 3 is 2.06 bits per heavy atom. The highest BCUT2D eigenvalue weighted by Crippen LogP contribution is 2.30. The molecule has 0 aromatic rings. The van der Waals surface area contributed by atoms with Gasteiger partial charge >= 0.3 is 18.5 Å². The van der Waals surface area contributed by atoms with Crippen molar-refractivity contribution >= 4 is 5.97 Å². The van der Waals surface area contributed by atoms with E-state index in [9.17, 15) is 31.1 Å². The second-order valence-corrected chi connectivity index (χ2v) is 3.36. The van der Waals surface area contributed by atoms with Crippen LogP contribution in [0.2, 0.25) is 0 Å². The van der Waals surface area contributed by atoms with E-state index in [0.29, 0.717) is 0 Å². The number of nitrogens with one attached hydrogen (secondary N) is 1. The van der Waals surface area contributed by atoms with Crippen LogP contribution in [0.15, 0.2) is 0 Å². The molecule has 1 N–H and O–H groups in total. The maximum atomic E-state index is 11.6. The Kier molecular flexibility index (Phi) is 3.87. The fourth-order valence-electron chi connectivity index (χ4n) is 1.14. The normalized spacial score (nSPS) is 25.3. The molecule has 0 bridgehead atoms. The summed E-state index contributed by atoms with van der Waals surface area (Å²) >= 11 is 0. The van der Waals surface area contributed by atoms with Gasteiger partial charge in [-0.15, -0.1) is 18.7 Å². The van der Waals surface area contributed by atoms with Crippen molar-refractivity contribution in [3.63, 3.8) is 0 Å². The van der Waals surface area contributed by atoms with E-state index in [4.69, 9.17) is 0 Å². The van der Waals surface area contributed by atoms with Crippen molar-refractivity contribution < 1.29 is 40.7 Å². The molecule has 4 nitrogen and oxygen atoms in total. The van der Waals surface area contributed by atoms with Crippen LogP contribution in [0.5, 0.6) is 0 Å². The monoisotopic (exact) mass is 267 g/mol. The van der Waals surface area contributed by atoms with Crippen molar-refractivity contribution in [1.82, 2.24) is 5.48 Å². The average Bonchev–Trinajstić information content (AvgIpc) is 2.04. The molecule has 1 aliphatic carbocycles. The van der Waals surface area contributed by atoms with Gasteiger partial charge in [0.05, 0.1) is 6.10 Å². The van der Waals surface area contributed by atoms with Gasteiger partial charge in [-0.2, -0.15) is 13.2 Å². The summed E-state index contributed by atoms with van der Waals surface area (Å²) in [6.07, 6.45) is -11.4. The van der Waals surface area contributed by atoms with Crippen molar-refractivity contribution in [3.8, 4) is 0 Å². The number of alkyl halides is 6. The highest BCUT2D eigenvalue weighted by Gasteiger charge is 2.44. The summed E-state index contributed by atoms with van der Waals surface area (Å²) in [5, 5.41) is 0. The molecule has 0 radical (unpaired) electrons. The van der Waals surface area contributed by atoms with E-state index in [1.807, 2.05) is 0 Å². The molecule has 0 aromatic heterocycles. The quantitative estimate of drug-likeness (QED) is 0.624. The fourth-order valence-corrected chi connectivity index (χ4v) is 1.14. The zero-order valence-corrected chi connectivity index (χ0v) is 8.06. The predicted octanol–water partition coefficient (Wildman–Crippen LogP) is 1.66. The molecule has 0 heterocycles. The summed E-state index contributed by atoms with van der Waals surface area (Å²) in [5.41, 5.74) is 1.72. The van der Waals surface area contributed by atoms with E-state index in [-0.39, 0.29) is 12.8 Å². The van der Waals surface area contributed by atoms with E-state index in [2.05, 4.69) is 9.57 Å². The third kappa shape index (κ3) is 4.77. The van der Waals surface area contributed by atoms with Gasteiger partial charge in [0.2, 0.25) is 0 Å². The van der Waals surface area contributed by atoms with Gasteiger partial charge in [0.15, 0.2) is 0 Å². The second kappa shape index (κ2) is 4.69. The summed E-state index contributed by atoms with van der Waals surface area (Å²) in [6, 6.07) is -0.770. The van der Waals surface area contributed by atoms with Crippen LogP contribution in [0.4, 0.5) is 26.3 Å². The summed E-state index contributed by atoms with van der Waals surface area (Å²) in [6.45, 7) is 0. The van der Waals surface area contributed by atoms with Gasteiger partial charge in [-0.05, 0) is 12.8 Å². The first-order chi connectivity index (χ1) is 7.58. The van der Waals surface area contributed by atoms with E-state index in [0.717, 1.165) is 0 Å². The molecular formula is C7H7F6NO3. The Morgan fingerprint density at radius 1 is 1.12 bits per heavy atom. The zero-order chi connectivity index (χ0) is 13.3. The maximum Gasteiger partial charge on any atom is 0.522 e. The van der Waals surface area contributed by atoms with Crippen LogP contribution in [-0.2, 0) is 14.4 Å². The van der Waals surface area contributed by atoms with Gasteiger partial charge in [0.25, 0.3) is 0 Å². The maximum absolute atomic E-state index is 11.6. The molecule has 0 aromatic carbocycles. The lowest BCUT2D eigenvalue weighted by Crippen LogP contribution is -2.48. The van der Waals surface area contributed by atoms with E-state index < -0.39 is 30.7 Å². The molecule has 1 rings (SSSR count). The molecule has 17 heavy (non-hydrogen) atoms. The minimum absolute atomic E-state index is 0.190. The number of hydrogen-bond donors (Lipinski definition) is 1. The third-order valence-corrected chi connectivity index (χ3v) is 1.94. The number of halogens is 6. The summed E-state index contributed by atoms with van der Waals surface area (Å²) < 4.78 is 73.4. The Labute approximate surface area is 90.8 Å². The number of carbonyl (C=O) groups is 1. The highest BCUT2D eigenvalue weighted by atomic mass is 19.4. The second-order valence-electron chi connectivity index (χ2n) is 3.36. The molecule has 0 aliphatic heterocycles. The van der Waals surface area contributed by atoms with Crippen molar-refractivity contribution in [2.45, 2.75) is 37.5 Å². The number of carbonyl (C=O) groups excluding carboxylic acids is 1. The first-order valence-corrected chi connectivity index (χ1v) is 4.36. The lowest BCUT2D eigenvalue weighted by atomic mass is 9.90. The molecule has 0 amide bonds. The fraction of sp³-hybridized carbons (Fsp3) is 0.857. The number of ether oxygens (including phenoxy) is 1. The topological polar surface area (TPSA) is 47.6 Å². The van der Waals surface area contributed by atoms with Crippen LogP contribution >= 0.6 is 0 Å². The van der Waals surface area contributed by atoms with Crippen LogP contribution in [0, 0.1) is 0 Å². The summed E-state index contributed by atoms with van der Waals surface area (Å²) in [7, 11) is 0. The Morgan fingerprint density at radius 2 is 1.65 bits per heavy atom. The Balaban J connectivity index is 2.16. The van der Waals surface area contributed by atoms with Crippen LogP contribution < -0.4 is 5.48 Å². The van der Waals surface area contributed by atoms with Crippen LogP contribution in [0.1, 0.15) is 12.8 Å². The first-order valence-electron chi connectivity index (χ1n) is 4.36. The minimum Gasteiger partial charge on any atom is -0.363 e. The van der Waals surface area contributed by atoms with Crippen LogP contribution in [-0.4, -0.2) is 30.7 Å². The van der Waals surface area contributed by atoms with E-state index in [1.165, 1.54) is 0 Å². The van der Waals surface area contributed by atoms with E-state index >= 15 is 0 Å². The van der Waals surface area contributed by atoms with Crippen molar-refractivity contribution in [2.75, 3.05) is 0 Å². The van der Waals surface area contributed by atoms with Gasteiger partial charge < -0.3 is 4.84 Å². The number of hydroxylamine groups is 1. The third-order valence-electron chi connectivity index (χ3n) is 1.94. The minimum atomic E-state index is -5.14. The summed E-state index contributed by atoms with van der Waals surface area (Å²) in [4.78, 5) is 13.8. The van der Waals surface area contributed by atoms with Crippen molar-refractivity contribution in [1.29, 1.82) is 0 Å². The molecule has 0 saturated heterocycles. The molecule has 1 saturated carbocycles. The summed E-state index contributed by atoms with van der Waals surface area (Å²) in [5.74, 6) is -2.45. The zero-order valence-electron chi connectivity index (χ0n) is 8.06. The van der Waals surface area contributed by atoms with E-state index in [1.54, 1.807) is 5.48 Å². The van der Waals surface area contributed by atoms with Gasteiger partial charge in [-0.25, -0.2) is 4.79 Å². The molecule has 0 spiro atoms. The molecule has 0 unspecified atom stereocenters. The number of rotatable bonds is 3. The van der Waals surface area contributed by atoms with Crippen molar-refractivity contribution in [3.05, 3.63) is 0 Å². The smallest absolute Gasteiger partial charge is 0.363 e. The van der Waals surface area contributed by atoms with Crippen LogP contribution in [0.3, 0.4) is 0 Å². The van der Waals surface area contributed by atoms with Gasteiger partial charge in [-0.1, -0.05) is 0 Å². The van der Waals surface area contributed by atoms with Gasteiger partial charge in [0.1, 0.15) is 0 Å². The molecule has 0 atom stereocenters. The molecular weight excluding hydrogens is 260 g/mol. The SMILES string of the molecule is O=C(ONC1CC(OC(F)(F)F)C1)C(F)(F)F. The Hall–Kier alpha value is -1.03. The van der Waals surface area contributed by atoms with Crippen molar-refractivity contribution in [2.24, 2.45) is 0 Å². The number of hydrogen-bond acceptors (Lipinski definition) is 4.